The van der Waals surface area contributed by atoms with Gasteiger partial charge in [0.25, 0.3) is 0 Å². The highest BCUT2D eigenvalue weighted by Crippen LogP contribution is 2.31. The maximum absolute atomic E-state index is 12.4. The summed E-state index contributed by atoms with van der Waals surface area (Å²) in [7, 11) is 1.30. The first kappa shape index (κ1) is 19.6. The first-order chi connectivity index (χ1) is 13.5. The van der Waals surface area contributed by atoms with Gasteiger partial charge in [0.15, 0.2) is 17.2 Å². The second-order valence-corrected chi connectivity index (χ2v) is 5.96. The third-order valence-corrected chi connectivity index (χ3v) is 3.84. The quantitative estimate of drug-likeness (QED) is 0.513. The minimum absolute atomic E-state index is 0.00215. The van der Waals surface area contributed by atoms with E-state index in [0.29, 0.717) is 10.6 Å². The smallest absolute Gasteiger partial charge is 0.387 e. The highest BCUT2D eigenvalue weighted by atomic mass is 35.5. The number of alkyl halides is 2. The third-order valence-electron chi connectivity index (χ3n) is 3.63. The van der Waals surface area contributed by atoms with Gasteiger partial charge in [-0.05, 0) is 35.9 Å². The van der Waals surface area contributed by atoms with Crippen LogP contribution in [0.3, 0.4) is 0 Å². The Morgan fingerprint density at radius 2 is 1.93 bits per heavy atom. The van der Waals surface area contributed by atoms with Gasteiger partial charge in [0.1, 0.15) is 0 Å². The monoisotopic (exact) mass is 405 g/mol. The predicted molar refractivity (Wildman–Crippen MR) is 101 cm³/mol. The molecule has 0 fully saturated rings. The lowest BCUT2D eigenvalue weighted by Crippen LogP contribution is -2.07. The standard InChI is InChI=1S/C20H14ClF2NO4/c1-26-17-10-13(7-8-16(17)27-20(22)23)18-24-15(19(25)28-18)11-14(21)9-12-5-3-2-4-6-12/h2-11,20H,1H3. The van der Waals surface area contributed by atoms with Gasteiger partial charge in [-0.3, -0.25) is 0 Å². The number of rotatable bonds is 6. The van der Waals surface area contributed by atoms with Gasteiger partial charge in [-0.1, -0.05) is 41.9 Å². The number of hydrogen-bond acceptors (Lipinski definition) is 5. The molecular formula is C20H14ClF2NO4. The number of aliphatic imine (C=N–C) groups is 1. The van der Waals surface area contributed by atoms with E-state index in [0.717, 1.165) is 5.56 Å². The number of ether oxygens (including phenoxy) is 3. The topological polar surface area (TPSA) is 57.1 Å². The van der Waals surface area contributed by atoms with E-state index in [4.69, 9.17) is 21.1 Å². The fourth-order valence-electron chi connectivity index (χ4n) is 2.41. The van der Waals surface area contributed by atoms with Crippen molar-refractivity contribution in [3.05, 3.63) is 76.5 Å². The van der Waals surface area contributed by atoms with Crippen molar-refractivity contribution >= 4 is 29.5 Å². The SMILES string of the molecule is COc1cc(C2=NC(=CC(Cl)=Cc3ccccc3)C(=O)O2)ccc1OC(F)F. The number of benzene rings is 2. The van der Waals surface area contributed by atoms with Crippen LogP contribution in [0.1, 0.15) is 11.1 Å². The van der Waals surface area contributed by atoms with Crippen molar-refractivity contribution in [3.63, 3.8) is 0 Å². The van der Waals surface area contributed by atoms with E-state index in [-0.39, 0.29) is 23.1 Å². The lowest BCUT2D eigenvalue weighted by molar-refractivity contribution is -0.130. The van der Waals surface area contributed by atoms with E-state index in [1.54, 1.807) is 6.08 Å². The highest BCUT2D eigenvalue weighted by molar-refractivity contribution is 6.33. The summed E-state index contributed by atoms with van der Waals surface area (Å²) in [6.45, 7) is -2.99. The first-order valence-electron chi connectivity index (χ1n) is 8.04. The predicted octanol–water partition coefficient (Wildman–Crippen LogP) is 4.76. The summed E-state index contributed by atoms with van der Waals surface area (Å²) in [5.41, 5.74) is 1.23. The number of carbonyl (C=O) groups is 1. The van der Waals surface area contributed by atoms with Crippen LogP contribution in [0.4, 0.5) is 8.78 Å². The van der Waals surface area contributed by atoms with Gasteiger partial charge in [-0.25, -0.2) is 9.79 Å². The molecule has 0 amide bonds. The van der Waals surface area contributed by atoms with Gasteiger partial charge in [0.2, 0.25) is 5.90 Å². The summed E-state index contributed by atoms with van der Waals surface area (Å²) in [6.07, 6.45) is 3.06. The van der Waals surface area contributed by atoms with Crippen molar-refractivity contribution in [2.24, 2.45) is 4.99 Å². The number of nitrogens with zero attached hydrogens (tertiary/aromatic N) is 1. The minimum atomic E-state index is -2.99. The molecule has 0 aromatic heterocycles. The van der Waals surface area contributed by atoms with Gasteiger partial charge in [-0.2, -0.15) is 8.78 Å². The molecule has 0 saturated carbocycles. The van der Waals surface area contributed by atoms with Crippen LogP contribution in [0, 0.1) is 0 Å². The van der Waals surface area contributed by atoms with Gasteiger partial charge in [0, 0.05) is 10.6 Å². The number of carbonyl (C=O) groups excluding carboxylic acids is 1. The molecule has 5 nitrogen and oxygen atoms in total. The number of allylic oxidation sites excluding steroid dienone is 2. The highest BCUT2D eigenvalue weighted by Gasteiger charge is 2.25. The molecule has 0 atom stereocenters. The summed E-state index contributed by atoms with van der Waals surface area (Å²) in [6, 6.07) is 13.4. The van der Waals surface area contributed by atoms with E-state index >= 15 is 0 Å². The Labute approximate surface area is 164 Å². The number of methoxy groups -OCH3 is 1. The van der Waals surface area contributed by atoms with Crippen LogP contribution in [0.5, 0.6) is 11.5 Å². The van der Waals surface area contributed by atoms with Crippen molar-refractivity contribution in [1.29, 1.82) is 0 Å². The summed E-state index contributed by atoms with van der Waals surface area (Å²) >= 11 is 6.17. The molecule has 0 spiro atoms. The van der Waals surface area contributed by atoms with Crippen LogP contribution in [0.2, 0.25) is 0 Å². The molecule has 2 aromatic carbocycles. The number of hydrogen-bond donors (Lipinski definition) is 0. The number of cyclic esters (lactones) is 1. The van der Waals surface area contributed by atoms with Crippen LogP contribution in [-0.4, -0.2) is 25.6 Å². The van der Waals surface area contributed by atoms with Gasteiger partial charge in [0.05, 0.1) is 7.11 Å². The maximum atomic E-state index is 12.4. The normalized spacial score (nSPS) is 15.6. The Hall–Kier alpha value is -3.19. The van der Waals surface area contributed by atoms with Crippen molar-refractivity contribution in [3.8, 4) is 11.5 Å². The molecule has 0 radical (unpaired) electrons. The fourth-order valence-corrected chi connectivity index (χ4v) is 2.64. The second-order valence-electron chi connectivity index (χ2n) is 5.52. The van der Waals surface area contributed by atoms with Crippen molar-refractivity contribution in [2.75, 3.05) is 7.11 Å². The van der Waals surface area contributed by atoms with Crippen molar-refractivity contribution in [1.82, 2.24) is 0 Å². The molecule has 1 aliphatic rings. The Balaban J connectivity index is 1.86. The Bertz CT molecular complexity index is 971. The van der Waals surface area contributed by atoms with Crippen LogP contribution in [0.15, 0.2) is 70.3 Å². The zero-order chi connectivity index (χ0) is 20.1. The van der Waals surface area contributed by atoms with E-state index in [9.17, 15) is 13.6 Å². The van der Waals surface area contributed by atoms with Gasteiger partial charge >= 0.3 is 12.6 Å². The number of esters is 1. The number of halogens is 3. The molecule has 0 saturated heterocycles. The molecule has 0 aliphatic carbocycles. The van der Waals surface area contributed by atoms with Crippen LogP contribution in [0.25, 0.3) is 6.08 Å². The molecular weight excluding hydrogens is 392 g/mol. The van der Waals surface area contributed by atoms with E-state index in [1.807, 2.05) is 30.3 Å². The molecule has 8 heteroatoms. The van der Waals surface area contributed by atoms with Gasteiger partial charge in [-0.15, -0.1) is 0 Å². The lowest BCUT2D eigenvalue weighted by atomic mass is 10.2. The average Bonchev–Trinajstić information content (AvgIpc) is 3.02. The average molecular weight is 406 g/mol. The molecule has 144 valence electrons. The first-order valence-corrected chi connectivity index (χ1v) is 8.42. The second kappa shape index (κ2) is 8.67. The Kier molecular flexibility index (Phi) is 6.06. The molecule has 1 aliphatic heterocycles. The van der Waals surface area contributed by atoms with Crippen LogP contribution in [-0.2, 0) is 9.53 Å². The van der Waals surface area contributed by atoms with Crippen molar-refractivity contribution in [2.45, 2.75) is 6.61 Å². The zero-order valence-electron chi connectivity index (χ0n) is 14.6. The summed E-state index contributed by atoms with van der Waals surface area (Å²) < 4.78 is 39.4. The molecule has 1 heterocycles. The van der Waals surface area contributed by atoms with Crippen LogP contribution >= 0.6 is 11.6 Å². The fraction of sp³-hybridized carbons (Fsp3) is 0.100. The summed E-state index contributed by atoms with van der Waals surface area (Å²) in [5.74, 6) is -0.768. The van der Waals surface area contributed by atoms with Gasteiger partial charge < -0.3 is 14.2 Å². The molecule has 0 unspecified atom stereocenters. The zero-order valence-corrected chi connectivity index (χ0v) is 15.3. The van der Waals surface area contributed by atoms with Crippen LogP contribution < -0.4 is 9.47 Å². The minimum Gasteiger partial charge on any atom is -0.493 e. The molecule has 0 bridgehead atoms. The third kappa shape index (κ3) is 4.75. The largest absolute Gasteiger partial charge is 0.493 e. The van der Waals surface area contributed by atoms with E-state index < -0.39 is 12.6 Å². The Morgan fingerprint density at radius 3 is 2.61 bits per heavy atom. The maximum Gasteiger partial charge on any atom is 0.387 e. The van der Waals surface area contributed by atoms with Crippen molar-refractivity contribution < 1.29 is 27.8 Å². The molecule has 3 rings (SSSR count). The molecule has 28 heavy (non-hydrogen) atoms. The summed E-state index contributed by atoms with van der Waals surface area (Å²) in [4.78, 5) is 16.2. The Morgan fingerprint density at radius 1 is 1.18 bits per heavy atom. The molecule has 0 N–H and O–H groups in total. The lowest BCUT2D eigenvalue weighted by Gasteiger charge is -2.10. The van der Waals surface area contributed by atoms with E-state index in [2.05, 4.69) is 9.73 Å². The summed E-state index contributed by atoms with van der Waals surface area (Å²) in [5, 5.41) is 0.293. The molecule has 2 aromatic rings. The van der Waals surface area contributed by atoms with E-state index in [1.165, 1.54) is 31.4 Å².